The highest BCUT2D eigenvalue weighted by molar-refractivity contribution is 5.39. The second-order valence-electron chi connectivity index (χ2n) is 6.85. The van der Waals surface area contributed by atoms with Gasteiger partial charge in [0, 0.05) is 18.6 Å². The van der Waals surface area contributed by atoms with Crippen molar-refractivity contribution in [3.05, 3.63) is 29.3 Å². The topological polar surface area (TPSA) is 32.7 Å². The van der Waals surface area contributed by atoms with E-state index in [9.17, 15) is 5.11 Å². The zero-order valence-electron chi connectivity index (χ0n) is 13.4. The highest BCUT2D eigenvalue weighted by atomic mass is 16.5. The van der Waals surface area contributed by atoms with Crippen molar-refractivity contribution in [1.29, 1.82) is 0 Å². The first-order valence-electron chi connectivity index (χ1n) is 8.20. The standard InChI is InChI=1S/C18H27NO2/c1-12(2)19(11-13-4-5-13)17-9-7-14-6-8-15(21-3)10-16(14)18(17)20/h6,8,10,12-13,17-18,20H,4-5,7,9,11H2,1-3H3. The van der Waals surface area contributed by atoms with Gasteiger partial charge in [0.25, 0.3) is 0 Å². The average molecular weight is 289 g/mol. The van der Waals surface area contributed by atoms with Gasteiger partial charge in [-0.1, -0.05) is 6.07 Å². The van der Waals surface area contributed by atoms with Crippen LogP contribution < -0.4 is 4.74 Å². The second kappa shape index (κ2) is 5.98. The van der Waals surface area contributed by atoms with Gasteiger partial charge in [-0.3, -0.25) is 4.90 Å². The van der Waals surface area contributed by atoms with Gasteiger partial charge in [0.2, 0.25) is 0 Å². The number of methoxy groups -OCH3 is 1. The van der Waals surface area contributed by atoms with Crippen LogP contribution >= 0.6 is 0 Å². The molecule has 2 atom stereocenters. The van der Waals surface area contributed by atoms with Gasteiger partial charge in [0.1, 0.15) is 5.75 Å². The Morgan fingerprint density at radius 2 is 2.05 bits per heavy atom. The fourth-order valence-corrected chi connectivity index (χ4v) is 3.55. The first kappa shape index (κ1) is 14.9. The summed E-state index contributed by atoms with van der Waals surface area (Å²) < 4.78 is 5.32. The van der Waals surface area contributed by atoms with Crippen LogP contribution in [-0.4, -0.2) is 35.7 Å². The highest BCUT2D eigenvalue weighted by Crippen LogP contribution is 2.38. The summed E-state index contributed by atoms with van der Waals surface area (Å²) in [6, 6.07) is 6.84. The van der Waals surface area contributed by atoms with Crippen LogP contribution in [-0.2, 0) is 6.42 Å². The van der Waals surface area contributed by atoms with E-state index in [-0.39, 0.29) is 6.04 Å². The quantitative estimate of drug-likeness (QED) is 0.904. The van der Waals surface area contributed by atoms with E-state index in [0.29, 0.717) is 6.04 Å². The molecule has 0 heterocycles. The van der Waals surface area contributed by atoms with Gasteiger partial charge in [-0.05, 0) is 68.7 Å². The molecule has 1 saturated carbocycles. The van der Waals surface area contributed by atoms with Crippen LogP contribution in [0.2, 0.25) is 0 Å². The zero-order valence-corrected chi connectivity index (χ0v) is 13.4. The van der Waals surface area contributed by atoms with E-state index in [0.717, 1.165) is 36.6 Å². The summed E-state index contributed by atoms with van der Waals surface area (Å²) in [6.07, 6.45) is 4.41. The van der Waals surface area contributed by atoms with Crippen molar-refractivity contribution in [3.8, 4) is 5.75 Å². The van der Waals surface area contributed by atoms with E-state index in [2.05, 4.69) is 24.8 Å². The van der Waals surface area contributed by atoms with E-state index in [1.807, 2.05) is 12.1 Å². The van der Waals surface area contributed by atoms with E-state index in [4.69, 9.17) is 4.74 Å². The Morgan fingerprint density at radius 3 is 2.67 bits per heavy atom. The molecule has 0 aliphatic heterocycles. The summed E-state index contributed by atoms with van der Waals surface area (Å²) in [6.45, 7) is 5.63. The van der Waals surface area contributed by atoms with E-state index < -0.39 is 6.10 Å². The molecule has 2 unspecified atom stereocenters. The molecule has 0 bridgehead atoms. The predicted molar refractivity (Wildman–Crippen MR) is 84.6 cm³/mol. The highest BCUT2D eigenvalue weighted by Gasteiger charge is 2.36. The van der Waals surface area contributed by atoms with Gasteiger partial charge >= 0.3 is 0 Å². The molecule has 2 aliphatic rings. The molecule has 0 saturated heterocycles. The molecule has 0 aromatic heterocycles. The number of ether oxygens (including phenoxy) is 1. The Balaban J connectivity index is 1.83. The number of aryl methyl sites for hydroxylation is 1. The Kier molecular flexibility index (Phi) is 4.23. The number of nitrogens with zero attached hydrogens (tertiary/aromatic N) is 1. The number of benzene rings is 1. The normalized spacial score (nSPS) is 25.2. The molecule has 3 heteroatoms. The van der Waals surface area contributed by atoms with Crippen molar-refractivity contribution in [3.63, 3.8) is 0 Å². The summed E-state index contributed by atoms with van der Waals surface area (Å²) >= 11 is 0. The Hall–Kier alpha value is -1.06. The third-order valence-corrected chi connectivity index (χ3v) is 5.00. The lowest BCUT2D eigenvalue weighted by molar-refractivity contribution is 0.0164. The van der Waals surface area contributed by atoms with Gasteiger partial charge in [0.05, 0.1) is 13.2 Å². The lowest BCUT2D eigenvalue weighted by Crippen LogP contribution is -2.47. The molecule has 0 spiro atoms. The maximum absolute atomic E-state index is 10.9. The summed E-state index contributed by atoms with van der Waals surface area (Å²) in [5.41, 5.74) is 2.33. The van der Waals surface area contributed by atoms with E-state index in [1.54, 1.807) is 7.11 Å². The van der Waals surface area contributed by atoms with Crippen molar-refractivity contribution in [1.82, 2.24) is 4.90 Å². The number of hydrogen-bond acceptors (Lipinski definition) is 3. The van der Waals surface area contributed by atoms with Gasteiger partial charge < -0.3 is 9.84 Å². The molecule has 1 N–H and O–H groups in total. The Morgan fingerprint density at radius 1 is 1.29 bits per heavy atom. The fraction of sp³-hybridized carbons (Fsp3) is 0.667. The maximum Gasteiger partial charge on any atom is 0.119 e. The molecule has 0 radical (unpaired) electrons. The van der Waals surface area contributed by atoms with Crippen molar-refractivity contribution < 1.29 is 9.84 Å². The van der Waals surface area contributed by atoms with Crippen LogP contribution in [0.15, 0.2) is 18.2 Å². The van der Waals surface area contributed by atoms with Crippen LogP contribution in [0.4, 0.5) is 0 Å². The van der Waals surface area contributed by atoms with Gasteiger partial charge in [-0.15, -0.1) is 0 Å². The number of aliphatic hydroxyl groups excluding tert-OH is 1. The molecule has 0 amide bonds. The smallest absolute Gasteiger partial charge is 0.119 e. The number of aliphatic hydroxyl groups is 1. The minimum Gasteiger partial charge on any atom is -0.497 e. The van der Waals surface area contributed by atoms with Crippen molar-refractivity contribution in [2.75, 3.05) is 13.7 Å². The summed E-state index contributed by atoms with van der Waals surface area (Å²) in [4.78, 5) is 2.52. The van der Waals surface area contributed by atoms with Crippen LogP contribution in [0.5, 0.6) is 5.75 Å². The first-order chi connectivity index (χ1) is 10.1. The third-order valence-electron chi connectivity index (χ3n) is 5.00. The predicted octanol–water partition coefficient (Wildman–Crippen LogP) is 3.16. The minimum atomic E-state index is -0.398. The monoisotopic (exact) mass is 289 g/mol. The first-order valence-corrected chi connectivity index (χ1v) is 8.20. The lowest BCUT2D eigenvalue weighted by atomic mass is 9.84. The van der Waals surface area contributed by atoms with Gasteiger partial charge in [-0.2, -0.15) is 0 Å². The lowest BCUT2D eigenvalue weighted by Gasteiger charge is -2.41. The van der Waals surface area contributed by atoms with Gasteiger partial charge in [-0.25, -0.2) is 0 Å². The fourth-order valence-electron chi connectivity index (χ4n) is 3.55. The molecular formula is C18H27NO2. The molecule has 21 heavy (non-hydrogen) atoms. The maximum atomic E-state index is 10.9. The number of hydrogen-bond donors (Lipinski definition) is 1. The minimum absolute atomic E-state index is 0.241. The molecule has 1 aromatic rings. The summed E-state index contributed by atoms with van der Waals surface area (Å²) in [5.74, 6) is 1.69. The molecule has 1 fully saturated rings. The molecule has 1 aromatic carbocycles. The van der Waals surface area contributed by atoms with Crippen molar-refractivity contribution in [2.45, 2.75) is 57.7 Å². The van der Waals surface area contributed by atoms with Crippen LogP contribution in [0.1, 0.15) is 50.3 Å². The van der Waals surface area contributed by atoms with Gasteiger partial charge in [0.15, 0.2) is 0 Å². The molecule has 2 aliphatic carbocycles. The summed E-state index contributed by atoms with van der Waals surface area (Å²) in [7, 11) is 1.68. The van der Waals surface area contributed by atoms with Crippen LogP contribution in [0.25, 0.3) is 0 Å². The van der Waals surface area contributed by atoms with Crippen LogP contribution in [0.3, 0.4) is 0 Å². The molecule has 116 valence electrons. The number of rotatable bonds is 5. The Labute approximate surface area is 127 Å². The third kappa shape index (κ3) is 3.09. The molecule has 3 rings (SSSR count). The average Bonchev–Trinajstić information content (AvgIpc) is 3.29. The van der Waals surface area contributed by atoms with Crippen molar-refractivity contribution in [2.24, 2.45) is 5.92 Å². The SMILES string of the molecule is COc1ccc2c(c1)C(O)C(N(CC1CC1)C(C)C)CC2. The Bertz CT molecular complexity index is 496. The largest absolute Gasteiger partial charge is 0.497 e. The van der Waals surface area contributed by atoms with Crippen molar-refractivity contribution >= 4 is 0 Å². The summed E-state index contributed by atoms with van der Waals surface area (Å²) in [5, 5.41) is 10.9. The van der Waals surface area contributed by atoms with Crippen LogP contribution in [0, 0.1) is 5.92 Å². The number of fused-ring (bicyclic) bond motifs is 1. The molecular weight excluding hydrogens is 262 g/mol. The van der Waals surface area contributed by atoms with E-state index in [1.165, 1.54) is 18.4 Å². The second-order valence-corrected chi connectivity index (χ2v) is 6.85. The zero-order chi connectivity index (χ0) is 15.0. The molecule has 3 nitrogen and oxygen atoms in total. The van der Waals surface area contributed by atoms with E-state index >= 15 is 0 Å².